The summed E-state index contributed by atoms with van der Waals surface area (Å²) in [4.78, 5) is 0. The second kappa shape index (κ2) is 4.71. The van der Waals surface area contributed by atoms with E-state index in [0.717, 1.165) is 12.1 Å². The standard InChI is InChI=1S/C12H16F2O/c1-7(2)12(15)8(3)9-4-5-10(13)11(14)6-9/h4-8,12,15H,1-3H3. The zero-order valence-electron chi connectivity index (χ0n) is 9.17. The van der Waals surface area contributed by atoms with Crippen molar-refractivity contribution in [2.45, 2.75) is 32.8 Å². The van der Waals surface area contributed by atoms with Crippen molar-refractivity contribution in [3.05, 3.63) is 35.4 Å². The average Bonchev–Trinajstić information content (AvgIpc) is 2.19. The molecule has 0 aliphatic rings. The Bertz CT molecular complexity index is 336. The van der Waals surface area contributed by atoms with Gasteiger partial charge in [0.05, 0.1) is 6.10 Å². The lowest BCUT2D eigenvalue weighted by atomic mass is 9.89. The monoisotopic (exact) mass is 214 g/mol. The molecule has 0 bridgehead atoms. The molecule has 1 aromatic carbocycles. The van der Waals surface area contributed by atoms with Gasteiger partial charge < -0.3 is 5.11 Å². The highest BCUT2D eigenvalue weighted by molar-refractivity contribution is 5.22. The maximum absolute atomic E-state index is 12.9. The lowest BCUT2D eigenvalue weighted by molar-refractivity contribution is 0.102. The Kier molecular flexibility index (Phi) is 3.80. The van der Waals surface area contributed by atoms with Crippen molar-refractivity contribution < 1.29 is 13.9 Å². The van der Waals surface area contributed by atoms with Gasteiger partial charge in [-0.3, -0.25) is 0 Å². The van der Waals surface area contributed by atoms with Crippen LogP contribution in [0.5, 0.6) is 0 Å². The van der Waals surface area contributed by atoms with Crippen molar-refractivity contribution >= 4 is 0 Å². The molecule has 84 valence electrons. The first-order chi connectivity index (χ1) is 6.93. The number of benzene rings is 1. The van der Waals surface area contributed by atoms with E-state index < -0.39 is 17.7 Å². The van der Waals surface area contributed by atoms with Gasteiger partial charge in [0.15, 0.2) is 11.6 Å². The highest BCUT2D eigenvalue weighted by Crippen LogP contribution is 2.24. The lowest BCUT2D eigenvalue weighted by Gasteiger charge is -2.22. The molecule has 0 fully saturated rings. The molecule has 15 heavy (non-hydrogen) atoms. The van der Waals surface area contributed by atoms with Crippen LogP contribution in [-0.2, 0) is 0 Å². The number of hydrogen-bond donors (Lipinski definition) is 1. The van der Waals surface area contributed by atoms with Crippen LogP contribution in [0, 0.1) is 17.6 Å². The first kappa shape index (κ1) is 12.1. The van der Waals surface area contributed by atoms with Crippen LogP contribution in [0.4, 0.5) is 8.78 Å². The Labute approximate surface area is 88.7 Å². The number of hydrogen-bond acceptors (Lipinski definition) is 1. The normalized spacial score (nSPS) is 15.4. The quantitative estimate of drug-likeness (QED) is 0.819. The van der Waals surface area contributed by atoms with Crippen molar-refractivity contribution in [2.75, 3.05) is 0 Å². The van der Waals surface area contributed by atoms with E-state index >= 15 is 0 Å². The number of aliphatic hydroxyl groups excluding tert-OH is 1. The lowest BCUT2D eigenvalue weighted by Crippen LogP contribution is -2.22. The summed E-state index contributed by atoms with van der Waals surface area (Å²) in [5.41, 5.74) is 0.620. The molecule has 0 heterocycles. The van der Waals surface area contributed by atoms with Gasteiger partial charge in [-0.15, -0.1) is 0 Å². The van der Waals surface area contributed by atoms with Gasteiger partial charge in [0.25, 0.3) is 0 Å². The third-order valence-corrected chi connectivity index (χ3v) is 2.66. The minimum atomic E-state index is -0.865. The summed E-state index contributed by atoms with van der Waals surface area (Å²) in [6.45, 7) is 5.58. The third-order valence-electron chi connectivity index (χ3n) is 2.66. The van der Waals surface area contributed by atoms with Crippen molar-refractivity contribution in [3.8, 4) is 0 Å². The number of aliphatic hydroxyl groups is 1. The van der Waals surface area contributed by atoms with E-state index in [9.17, 15) is 13.9 Å². The van der Waals surface area contributed by atoms with Crippen LogP contribution in [-0.4, -0.2) is 11.2 Å². The van der Waals surface area contributed by atoms with Gasteiger partial charge in [-0.1, -0.05) is 26.8 Å². The molecule has 0 aromatic heterocycles. The molecular weight excluding hydrogens is 198 g/mol. The Morgan fingerprint density at radius 1 is 1.07 bits per heavy atom. The van der Waals surface area contributed by atoms with Crippen molar-refractivity contribution in [1.82, 2.24) is 0 Å². The minimum absolute atomic E-state index is 0.0908. The average molecular weight is 214 g/mol. The van der Waals surface area contributed by atoms with Gasteiger partial charge in [0.1, 0.15) is 0 Å². The zero-order valence-corrected chi connectivity index (χ0v) is 9.17. The molecule has 0 aliphatic heterocycles. The Morgan fingerprint density at radius 3 is 2.13 bits per heavy atom. The molecule has 1 nitrogen and oxygen atoms in total. The highest BCUT2D eigenvalue weighted by atomic mass is 19.2. The van der Waals surface area contributed by atoms with Gasteiger partial charge >= 0.3 is 0 Å². The van der Waals surface area contributed by atoms with Crippen LogP contribution in [0.2, 0.25) is 0 Å². The molecule has 1 rings (SSSR count). The van der Waals surface area contributed by atoms with Gasteiger partial charge in [-0.25, -0.2) is 8.78 Å². The van der Waals surface area contributed by atoms with E-state index in [1.807, 2.05) is 13.8 Å². The Hall–Kier alpha value is -0.960. The molecule has 2 unspecified atom stereocenters. The van der Waals surface area contributed by atoms with Gasteiger partial charge in [0.2, 0.25) is 0 Å². The topological polar surface area (TPSA) is 20.2 Å². The van der Waals surface area contributed by atoms with E-state index in [1.165, 1.54) is 6.07 Å². The molecule has 1 aromatic rings. The Balaban J connectivity index is 2.91. The summed E-state index contributed by atoms with van der Waals surface area (Å²) in [5, 5.41) is 9.79. The Morgan fingerprint density at radius 2 is 1.67 bits per heavy atom. The van der Waals surface area contributed by atoms with Crippen LogP contribution in [0.1, 0.15) is 32.3 Å². The maximum atomic E-state index is 12.9. The fourth-order valence-corrected chi connectivity index (χ4v) is 1.57. The summed E-state index contributed by atoms with van der Waals surface area (Å²) < 4.78 is 25.6. The molecule has 1 N–H and O–H groups in total. The fraction of sp³-hybridized carbons (Fsp3) is 0.500. The fourth-order valence-electron chi connectivity index (χ4n) is 1.57. The molecule has 0 amide bonds. The molecule has 0 radical (unpaired) electrons. The highest BCUT2D eigenvalue weighted by Gasteiger charge is 2.20. The first-order valence-corrected chi connectivity index (χ1v) is 5.06. The summed E-state index contributed by atoms with van der Waals surface area (Å²) in [6.07, 6.45) is -0.546. The van der Waals surface area contributed by atoms with Crippen LogP contribution >= 0.6 is 0 Å². The molecule has 0 saturated carbocycles. The molecule has 0 saturated heterocycles. The van der Waals surface area contributed by atoms with Gasteiger partial charge in [-0.2, -0.15) is 0 Å². The van der Waals surface area contributed by atoms with Crippen molar-refractivity contribution in [1.29, 1.82) is 0 Å². The van der Waals surface area contributed by atoms with Crippen LogP contribution in [0.15, 0.2) is 18.2 Å². The third kappa shape index (κ3) is 2.75. The molecule has 3 heteroatoms. The van der Waals surface area contributed by atoms with Crippen molar-refractivity contribution in [2.24, 2.45) is 5.92 Å². The first-order valence-electron chi connectivity index (χ1n) is 5.06. The van der Waals surface area contributed by atoms with Crippen molar-refractivity contribution in [3.63, 3.8) is 0 Å². The second-order valence-corrected chi connectivity index (χ2v) is 4.20. The minimum Gasteiger partial charge on any atom is -0.392 e. The van der Waals surface area contributed by atoms with E-state index in [0.29, 0.717) is 5.56 Å². The van der Waals surface area contributed by atoms with Crippen LogP contribution < -0.4 is 0 Å². The molecule has 0 spiro atoms. The van der Waals surface area contributed by atoms with Gasteiger partial charge in [0, 0.05) is 5.92 Å². The smallest absolute Gasteiger partial charge is 0.159 e. The van der Waals surface area contributed by atoms with E-state index in [-0.39, 0.29) is 11.8 Å². The van der Waals surface area contributed by atoms with Gasteiger partial charge in [-0.05, 0) is 23.6 Å². The second-order valence-electron chi connectivity index (χ2n) is 4.20. The molecular formula is C12H16F2O. The molecule has 2 atom stereocenters. The summed E-state index contributed by atoms with van der Waals surface area (Å²) in [5.74, 6) is -1.83. The summed E-state index contributed by atoms with van der Waals surface area (Å²) in [6, 6.07) is 3.74. The predicted molar refractivity (Wildman–Crippen MR) is 55.6 cm³/mol. The van der Waals surface area contributed by atoms with E-state index in [2.05, 4.69) is 0 Å². The summed E-state index contributed by atoms with van der Waals surface area (Å²) >= 11 is 0. The molecule has 0 aliphatic carbocycles. The maximum Gasteiger partial charge on any atom is 0.159 e. The largest absolute Gasteiger partial charge is 0.392 e. The summed E-state index contributed by atoms with van der Waals surface area (Å²) in [7, 11) is 0. The van der Waals surface area contributed by atoms with Crippen LogP contribution in [0.3, 0.4) is 0 Å². The number of halogens is 2. The SMILES string of the molecule is CC(C)C(O)C(C)c1ccc(F)c(F)c1. The van der Waals surface area contributed by atoms with E-state index in [4.69, 9.17) is 0 Å². The zero-order chi connectivity index (χ0) is 11.6. The van der Waals surface area contributed by atoms with Crippen LogP contribution in [0.25, 0.3) is 0 Å². The van der Waals surface area contributed by atoms with E-state index in [1.54, 1.807) is 6.92 Å². The number of rotatable bonds is 3. The predicted octanol–water partition coefficient (Wildman–Crippen LogP) is 3.09.